The lowest BCUT2D eigenvalue weighted by Gasteiger charge is -2.33. The van der Waals surface area contributed by atoms with E-state index in [0.717, 1.165) is 31.7 Å². The van der Waals surface area contributed by atoms with Crippen LogP contribution < -0.4 is 5.32 Å². The van der Waals surface area contributed by atoms with Crippen LogP contribution in [0.2, 0.25) is 0 Å². The lowest BCUT2D eigenvalue weighted by atomic mass is 10.1. The van der Waals surface area contributed by atoms with E-state index in [2.05, 4.69) is 33.6 Å². The van der Waals surface area contributed by atoms with E-state index in [-0.39, 0.29) is 11.9 Å². The summed E-state index contributed by atoms with van der Waals surface area (Å²) in [5, 5.41) is 3.38. The van der Waals surface area contributed by atoms with Gasteiger partial charge in [-0.2, -0.15) is 0 Å². The maximum atomic E-state index is 13.1. The van der Waals surface area contributed by atoms with E-state index < -0.39 is 0 Å². The van der Waals surface area contributed by atoms with Crippen molar-refractivity contribution in [2.75, 3.05) is 26.2 Å². The standard InChI is InChI=1S/C17H23FN4/c1-13(15-3-5-16(18)6-4-15)22-12-20-11-17(22)14(2)21-9-7-19-8-10-21/h3-6,11-14,19H,7-10H2,1-2H3/t13-,14?/m1/s1. The molecular weight excluding hydrogens is 279 g/mol. The number of hydrogen-bond donors (Lipinski definition) is 1. The Hall–Kier alpha value is -1.72. The second kappa shape index (κ2) is 6.58. The van der Waals surface area contributed by atoms with Crippen molar-refractivity contribution in [3.8, 4) is 0 Å². The van der Waals surface area contributed by atoms with Crippen LogP contribution in [0.15, 0.2) is 36.8 Å². The Morgan fingerprint density at radius 2 is 1.77 bits per heavy atom. The molecule has 22 heavy (non-hydrogen) atoms. The quantitative estimate of drug-likeness (QED) is 0.942. The van der Waals surface area contributed by atoms with Crippen LogP contribution in [0.25, 0.3) is 0 Å². The van der Waals surface area contributed by atoms with Crippen LogP contribution in [0.1, 0.15) is 37.2 Å². The lowest BCUT2D eigenvalue weighted by molar-refractivity contribution is 0.178. The van der Waals surface area contributed by atoms with Crippen LogP contribution in [-0.2, 0) is 0 Å². The van der Waals surface area contributed by atoms with Crippen molar-refractivity contribution in [2.45, 2.75) is 25.9 Å². The van der Waals surface area contributed by atoms with Crippen molar-refractivity contribution in [3.05, 3.63) is 53.9 Å². The number of aromatic nitrogens is 2. The fourth-order valence-corrected chi connectivity index (χ4v) is 3.12. The fourth-order valence-electron chi connectivity index (χ4n) is 3.12. The molecule has 2 atom stereocenters. The molecule has 1 fully saturated rings. The molecule has 2 heterocycles. The van der Waals surface area contributed by atoms with E-state index in [0.29, 0.717) is 6.04 Å². The summed E-state index contributed by atoms with van der Waals surface area (Å²) in [4.78, 5) is 6.82. The minimum absolute atomic E-state index is 0.142. The van der Waals surface area contributed by atoms with Crippen LogP contribution >= 0.6 is 0 Å². The Bertz CT molecular complexity index is 601. The van der Waals surface area contributed by atoms with Gasteiger partial charge in [0, 0.05) is 38.4 Å². The maximum absolute atomic E-state index is 13.1. The third-order valence-electron chi connectivity index (χ3n) is 4.59. The van der Waals surface area contributed by atoms with E-state index in [9.17, 15) is 4.39 Å². The molecular formula is C17H23FN4. The van der Waals surface area contributed by atoms with Crippen molar-refractivity contribution >= 4 is 0 Å². The van der Waals surface area contributed by atoms with Crippen molar-refractivity contribution in [3.63, 3.8) is 0 Å². The second-order valence-corrected chi connectivity index (χ2v) is 5.92. The van der Waals surface area contributed by atoms with Crippen LogP contribution in [0.3, 0.4) is 0 Å². The normalized spacial score (nSPS) is 19.0. The first-order chi connectivity index (χ1) is 10.7. The molecule has 2 aromatic rings. The van der Waals surface area contributed by atoms with Gasteiger partial charge in [0.1, 0.15) is 5.82 Å². The predicted molar refractivity (Wildman–Crippen MR) is 85.3 cm³/mol. The number of piperazine rings is 1. The summed E-state index contributed by atoms with van der Waals surface area (Å²) in [6.07, 6.45) is 3.83. The largest absolute Gasteiger partial charge is 0.326 e. The summed E-state index contributed by atoms with van der Waals surface area (Å²) in [5.74, 6) is -0.198. The maximum Gasteiger partial charge on any atom is 0.123 e. The smallest absolute Gasteiger partial charge is 0.123 e. The minimum atomic E-state index is -0.198. The molecule has 0 bridgehead atoms. The Morgan fingerprint density at radius 1 is 1.09 bits per heavy atom. The molecule has 0 radical (unpaired) electrons. The molecule has 0 spiro atoms. The van der Waals surface area contributed by atoms with E-state index in [1.54, 1.807) is 0 Å². The lowest BCUT2D eigenvalue weighted by Crippen LogP contribution is -2.44. The monoisotopic (exact) mass is 302 g/mol. The molecule has 1 aliphatic rings. The fraction of sp³-hybridized carbons (Fsp3) is 0.471. The van der Waals surface area contributed by atoms with E-state index in [4.69, 9.17) is 0 Å². The van der Waals surface area contributed by atoms with E-state index in [1.807, 2.05) is 24.7 Å². The number of hydrogen-bond acceptors (Lipinski definition) is 3. The summed E-state index contributed by atoms with van der Waals surface area (Å²) < 4.78 is 15.3. The number of nitrogens with zero attached hydrogens (tertiary/aromatic N) is 3. The first-order valence-corrected chi connectivity index (χ1v) is 7.89. The average Bonchev–Trinajstić information content (AvgIpc) is 3.04. The van der Waals surface area contributed by atoms with Crippen molar-refractivity contribution in [2.24, 2.45) is 0 Å². The number of nitrogens with one attached hydrogen (secondary N) is 1. The van der Waals surface area contributed by atoms with Crippen LogP contribution in [-0.4, -0.2) is 40.6 Å². The van der Waals surface area contributed by atoms with Crippen LogP contribution in [0.4, 0.5) is 4.39 Å². The van der Waals surface area contributed by atoms with Gasteiger partial charge in [0.15, 0.2) is 0 Å². The number of rotatable bonds is 4. The zero-order valence-electron chi connectivity index (χ0n) is 13.2. The molecule has 1 aromatic heterocycles. The number of benzene rings is 1. The Balaban J connectivity index is 1.83. The van der Waals surface area contributed by atoms with Crippen molar-refractivity contribution in [1.29, 1.82) is 0 Å². The van der Waals surface area contributed by atoms with E-state index >= 15 is 0 Å². The zero-order chi connectivity index (χ0) is 15.5. The Kier molecular flexibility index (Phi) is 4.55. The van der Waals surface area contributed by atoms with Crippen LogP contribution in [0, 0.1) is 5.82 Å². The van der Waals surface area contributed by atoms with Gasteiger partial charge in [0.2, 0.25) is 0 Å². The Labute approximate surface area is 131 Å². The molecule has 5 heteroatoms. The van der Waals surface area contributed by atoms with E-state index in [1.165, 1.54) is 17.8 Å². The summed E-state index contributed by atoms with van der Waals surface area (Å²) >= 11 is 0. The molecule has 1 N–H and O–H groups in total. The van der Waals surface area contributed by atoms with Gasteiger partial charge in [0.25, 0.3) is 0 Å². The third-order valence-corrected chi connectivity index (χ3v) is 4.59. The Morgan fingerprint density at radius 3 is 2.45 bits per heavy atom. The summed E-state index contributed by atoms with van der Waals surface area (Å²) in [5.41, 5.74) is 2.30. The number of imidazole rings is 1. The average molecular weight is 302 g/mol. The highest BCUT2D eigenvalue weighted by Gasteiger charge is 2.22. The third kappa shape index (κ3) is 3.05. The molecule has 0 aliphatic carbocycles. The van der Waals surface area contributed by atoms with Crippen molar-refractivity contribution < 1.29 is 4.39 Å². The zero-order valence-corrected chi connectivity index (χ0v) is 13.2. The van der Waals surface area contributed by atoms with Gasteiger partial charge in [-0.15, -0.1) is 0 Å². The minimum Gasteiger partial charge on any atom is -0.326 e. The predicted octanol–water partition coefficient (Wildman–Crippen LogP) is 2.60. The van der Waals surface area contributed by atoms with Gasteiger partial charge < -0.3 is 9.88 Å². The molecule has 1 aliphatic heterocycles. The second-order valence-electron chi connectivity index (χ2n) is 5.92. The van der Waals surface area contributed by atoms with Gasteiger partial charge in [-0.25, -0.2) is 9.37 Å². The van der Waals surface area contributed by atoms with Gasteiger partial charge in [-0.05, 0) is 31.5 Å². The van der Waals surface area contributed by atoms with Gasteiger partial charge in [-0.3, -0.25) is 4.90 Å². The first kappa shape index (κ1) is 15.2. The molecule has 1 unspecified atom stereocenters. The summed E-state index contributed by atoms with van der Waals surface area (Å²) in [7, 11) is 0. The highest BCUT2D eigenvalue weighted by molar-refractivity contribution is 5.22. The molecule has 3 rings (SSSR count). The van der Waals surface area contributed by atoms with Gasteiger partial charge in [-0.1, -0.05) is 12.1 Å². The molecule has 4 nitrogen and oxygen atoms in total. The first-order valence-electron chi connectivity index (χ1n) is 7.89. The molecule has 118 valence electrons. The molecule has 0 saturated carbocycles. The molecule has 1 aromatic carbocycles. The summed E-state index contributed by atoms with van der Waals surface area (Å²) in [6, 6.07) is 7.19. The van der Waals surface area contributed by atoms with Gasteiger partial charge >= 0.3 is 0 Å². The molecule has 1 saturated heterocycles. The number of halogens is 1. The van der Waals surface area contributed by atoms with Gasteiger partial charge in [0.05, 0.1) is 18.1 Å². The SMILES string of the molecule is CC(c1cncn1[C@H](C)c1ccc(F)cc1)N1CCNCC1. The molecule has 0 amide bonds. The highest BCUT2D eigenvalue weighted by atomic mass is 19.1. The topological polar surface area (TPSA) is 33.1 Å². The van der Waals surface area contributed by atoms with Crippen LogP contribution in [0.5, 0.6) is 0 Å². The summed E-state index contributed by atoms with van der Waals surface area (Å²) in [6.45, 7) is 8.53. The highest BCUT2D eigenvalue weighted by Crippen LogP contribution is 2.26. The van der Waals surface area contributed by atoms with Crippen molar-refractivity contribution in [1.82, 2.24) is 19.8 Å².